The van der Waals surface area contributed by atoms with Crippen LogP contribution in [0.4, 0.5) is 0 Å². The largest absolute Gasteiger partial charge is 0.394 e. The molecule has 10 nitrogen and oxygen atoms in total. The molecule has 0 aromatic rings. The lowest BCUT2D eigenvalue weighted by Crippen LogP contribution is -2.60. The Bertz CT molecular complexity index is 1290. The maximum Gasteiger partial charge on any atom is 0.249 e. The molecule has 0 saturated carbocycles. The van der Waals surface area contributed by atoms with Crippen molar-refractivity contribution in [1.82, 2.24) is 5.32 Å². The van der Waals surface area contributed by atoms with Crippen LogP contribution in [0.2, 0.25) is 0 Å². The molecule has 1 fully saturated rings. The minimum Gasteiger partial charge on any atom is -0.394 e. The molecule has 1 rings (SSSR count). The lowest BCUT2D eigenvalue weighted by molar-refractivity contribution is -0.302. The van der Waals surface area contributed by atoms with Gasteiger partial charge in [0.1, 0.15) is 30.5 Å². The molecule has 72 heavy (non-hydrogen) atoms. The number of aliphatic hydroxyl groups is 6. The molecule has 0 spiro atoms. The number of nitrogens with one attached hydrogen (secondary N) is 1. The first kappa shape index (κ1) is 68.1. The molecule has 0 aliphatic carbocycles. The molecule has 0 bridgehead atoms. The molecule has 1 amide bonds. The van der Waals surface area contributed by atoms with Gasteiger partial charge in [0.05, 0.1) is 25.4 Å². The zero-order chi connectivity index (χ0) is 52.4. The van der Waals surface area contributed by atoms with E-state index in [2.05, 4.69) is 55.6 Å². The number of aliphatic hydroxyl groups excluding tert-OH is 6. The average Bonchev–Trinajstić information content (AvgIpc) is 3.38. The summed E-state index contributed by atoms with van der Waals surface area (Å²) in [7, 11) is 0. The molecule has 0 aromatic heterocycles. The predicted molar refractivity (Wildman–Crippen MR) is 301 cm³/mol. The number of ether oxygens (including phenoxy) is 2. The zero-order valence-corrected chi connectivity index (χ0v) is 46.6. The van der Waals surface area contributed by atoms with Gasteiger partial charge in [-0.15, -0.1) is 0 Å². The number of carbonyl (C=O) groups excluding carboxylic acids is 1. The first-order chi connectivity index (χ1) is 35.3. The molecule has 8 unspecified atom stereocenters. The fraction of sp³-hybridized carbons (Fsp3) is 0.855. The normalized spacial score (nSPS) is 19.9. The van der Waals surface area contributed by atoms with E-state index in [9.17, 15) is 35.4 Å². The van der Waals surface area contributed by atoms with E-state index < -0.39 is 61.5 Å². The Morgan fingerprint density at radius 1 is 0.472 bits per heavy atom. The Hall–Kier alpha value is -1.89. The Balaban J connectivity index is 2.18. The fourth-order valence-electron chi connectivity index (χ4n) is 9.54. The van der Waals surface area contributed by atoms with E-state index in [0.717, 1.165) is 44.9 Å². The maximum atomic E-state index is 13.1. The molecule has 10 heteroatoms. The second-order valence-electron chi connectivity index (χ2n) is 21.3. The first-order valence-corrected chi connectivity index (χ1v) is 30.5. The van der Waals surface area contributed by atoms with Crippen LogP contribution in [0.5, 0.6) is 0 Å². The summed E-state index contributed by atoms with van der Waals surface area (Å²) in [5, 5.41) is 65.0. The van der Waals surface area contributed by atoms with Crippen LogP contribution in [-0.4, -0.2) is 98.7 Å². The van der Waals surface area contributed by atoms with E-state index in [4.69, 9.17) is 9.47 Å². The second-order valence-corrected chi connectivity index (χ2v) is 21.3. The fourth-order valence-corrected chi connectivity index (χ4v) is 9.54. The Kier molecular flexibility index (Phi) is 48.5. The van der Waals surface area contributed by atoms with Gasteiger partial charge in [0.15, 0.2) is 6.29 Å². The summed E-state index contributed by atoms with van der Waals surface area (Å²) < 4.78 is 11.2. The first-order valence-electron chi connectivity index (χ1n) is 30.5. The van der Waals surface area contributed by atoms with Crippen molar-refractivity contribution in [3.63, 3.8) is 0 Å². The molecular formula is C62H115NO9. The van der Waals surface area contributed by atoms with E-state index in [0.29, 0.717) is 19.3 Å². The van der Waals surface area contributed by atoms with Crippen LogP contribution in [0.3, 0.4) is 0 Å². The van der Waals surface area contributed by atoms with Gasteiger partial charge in [0, 0.05) is 0 Å². The molecule has 1 heterocycles. The minimum absolute atomic E-state index is 0.302. The lowest BCUT2D eigenvalue weighted by Gasteiger charge is -2.40. The van der Waals surface area contributed by atoms with Crippen molar-refractivity contribution in [1.29, 1.82) is 0 Å². The van der Waals surface area contributed by atoms with Crippen LogP contribution in [-0.2, 0) is 14.3 Å². The monoisotopic (exact) mass is 1020 g/mol. The molecular weight excluding hydrogens is 903 g/mol. The third kappa shape index (κ3) is 39.5. The lowest BCUT2D eigenvalue weighted by atomic mass is 9.99. The standard InChI is InChI=1S/C62H115NO9/c1-3-5-7-9-11-13-15-17-19-20-21-22-23-24-25-26-27-28-29-30-31-32-33-34-35-37-39-41-43-45-47-49-51-56(66)61(70)63-54(53-71-62-60(69)59(68)58(67)57(52-64)72-62)55(65)50-48-46-44-42-40-38-36-18-16-14-12-10-8-6-4-2/h16,18,24-25,40,42,48,50,54-60,62,64-69H,3-15,17,19-23,26-39,41,43-47,49,51-53H2,1-2H3,(H,63,70)/b18-16+,25-24-,42-40+,50-48+. The number of hydrogen-bond acceptors (Lipinski definition) is 9. The molecule has 0 radical (unpaired) electrons. The highest BCUT2D eigenvalue weighted by Crippen LogP contribution is 2.23. The third-order valence-electron chi connectivity index (χ3n) is 14.5. The topological polar surface area (TPSA) is 169 Å². The number of hydrogen-bond donors (Lipinski definition) is 7. The third-order valence-corrected chi connectivity index (χ3v) is 14.5. The number of unbranched alkanes of at least 4 members (excludes halogenated alkanes) is 35. The smallest absolute Gasteiger partial charge is 0.249 e. The van der Waals surface area contributed by atoms with Crippen LogP contribution in [0.15, 0.2) is 48.6 Å². The zero-order valence-electron chi connectivity index (χ0n) is 46.6. The number of allylic oxidation sites excluding steroid dienone is 7. The van der Waals surface area contributed by atoms with Gasteiger partial charge in [0.25, 0.3) is 0 Å². The van der Waals surface area contributed by atoms with E-state index in [1.165, 1.54) is 199 Å². The summed E-state index contributed by atoms with van der Waals surface area (Å²) in [6.45, 7) is 3.60. The van der Waals surface area contributed by atoms with Crippen LogP contribution in [0.25, 0.3) is 0 Å². The van der Waals surface area contributed by atoms with Crippen LogP contribution in [0, 0.1) is 0 Å². The molecule has 1 saturated heterocycles. The van der Waals surface area contributed by atoms with Crippen molar-refractivity contribution < 1.29 is 44.9 Å². The highest BCUT2D eigenvalue weighted by molar-refractivity contribution is 5.80. The Labute approximate surface area is 442 Å². The van der Waals surface area contributed by atoms with Gasteiger partial charge in [0.2, 0.25) is 5.91 Å². The van der Waals surface area contributed by atoms with Crippen molar-refractivity contribution in [3.05, 3.63) is 48.6 Å². The van der Waals surface area contributed by atoms with Crippen molar-refractivity contribution in [2.45, 2.75) is 326 Å². The van der Waals surface area contributed by atoms with Crippen molar-refractivity contribution in [2.75, 3.05) is 13.2 Å². The van der Waals surface area contributed by atoms with E-state index >= 15 is 0 Å². The van der Waals surface area contributed by atoms with Gasteiger partial charge < -0.3 is 45.4 Å². The van der Waals surface area contributed by atoms with Gasteiger partial charge in [-0.2, -0.15) is 0 Å². The second kappa shape index (κ2) is 51.2. The van der Waals surface area contributed by atoms with Crippen LogP contribution in [0.1, 0.15) is 277 Å². The number of amides is 1. The van der Waals surface area contributed by atoms with Gasteiger partial charge >= 0.3 is 0 Å². The Morgan fingerprint density at radius 3 is 1.21 bits per heavy atom. The van der Waals surface area contributed by atoms with E-state index in [-0.39, 0.29) is 6.61 Å². The summed E-state index contributed by atoms with van der Waals surface area (Å²) in [4.78, 5) is 13.1. The van der Waals surface area contributed by atoms with Crippen LogP contribution < -0.4 is 5.32 Å². The van der Waals surface area contributed by atoms with Gasteiger partial charge in [-0.3, -0.25) is 4.79 Å². The van der Waals surface area contributed by atoms with E-state index in [1.54, 1.807) is 6.08 Å². The van der Waals surface area contributed by atoms with Crippen LogP contribution >= 0.6 is 0 Å². The molecule has 8 atom stereocenters. The van der Waals surface area contributed by atoms with Crippen molar-refractivity contribution >= 4 is 5.91 Å². The summed E-state index contributed by atoms with van der Waals surface area (Å²) in [5.74, 6) is -0.628. The number of carbonyl (C=O) groups is 1. The molecule has 7 N–H and O–H groups in total. The molecule has 1 aliphatic heterocycles. The molecule has 0 aromatic carbocycles. The molecule has 422 valence electrons. The molecule has 1 aliphatic rings. The summed E-state index contributed by atoms with van der Waals surface area (Å²) >= 11 is 0. The highest BCUT2D eigenvalue weighted by atomic mass is 16.7. The maximum absolute atomic E-state index is 13.1. The Morgan fingerprint density at radius 2 is 0.819 bits per heavy atom. The SMILES string of the molecule is CCCCCCC/C=C/CC/C=C/CC/C=C/C(O)C(COC1OC(CO)C(O)C(O)C1O)NC(=O)C(O)CCCCCCCCCCCCCCCCCC/C=C\CCCCCCCCCCCCCC. The quantitative estimate of drug-likeness (QED) is 0.0232. The summed E-state index contributed by atoms with van der Waals surface area (Å²) in [6.07, 6.45) is 58.1. The summed E-state index contributed by atoms with van der Waals surface area (Å²) in [6, 6.07) is -1.00. The van der Waals surface area contributed by atoms with Gasteiger partial charge in [-0.05, 0) is 70.6 Å². The summed E-state index contributed by atoms with van der Waals surface area (Å²) in [5.41, 5.74) is 0. The van der Waals surface area contributed by atoms with Gasteiger partial charge in [-0.25, -0.2) is 0 Å². The number of rotatable bonds is 52. The van der Waals surface area contributed by atoms with Crippen molar-refractivity contribution in [2.24, 2.45) is 0 Å². The van der Waals surface area contributed by atoms with Crippen molar-refractivity contribution in [3.8, 4) is 0 Å². The van der Waals surface area contributed by atoms with E-state index in [1.807, 2.05) is 6.08 Å². The minimum atomic E-state index is -1.62. The van der Waals surface area contributed by atoms with Gasteiger partial charge in [-0.1, -0.05) is 255 Å². The average molecular weight is 1020 g/mol. The highest BCUT2D eigenvalue weighted by Gasteiger charge is 2.44. The predicted octanol–water partition coefficient (Wildman–Crippen LogP) is 14.3.